The van der Waals surface area contributed by atoms with Crippen LogP contribution in [0.2, 0.25) is 0 Å². The average Bonchev–Trinajstić information content (AvgIpc) is 3.25. The Labute approximate surface area is 203 Å². The molecule has 0 unspecified atom stereocenters. The van der Waals surface area contributed by atoms with Crippen molar-refractivity contribution < 1.29 is 19.1 Å². The second-order valence-electron chi connectivity index (χ2n) is 9.26. The van der Waals surface area contributed by atoms with Crippen molar-refractivity contribution in [2.75, 3.05) is 18.1 Å². The highest BCUT2D eigenvalue weighted by Crippen LogP contribution is 2.54. The monoisotopic (exact) mass is 480 g/mol. The number of thioether (sulfide) groups is 1. The Hall–Kier alpha value is -3.33. The van der Waals surface area contributed by atoms with Crippen molar-refractivity contribution in [1.29, 1.82) is 0 Å². The number of anilines is 1. The third-order valence-corrected chi connectivity index (χ3v) is 6.95. The van der Waals surface area contributed by atoms with E-state index < -0.39 is 10.8 Å². The van der Waals surface area contributed by atoms with E-state index in [0.29, 0.717) is 17.8 Å². The lowest BCUT2D eigenvalue weighted by Crippen LogP contribution is -2.49. The number of rotatable bonds is 4. The van der Waals surface area contributed by atoms with Crippen LogP contribution in [0.1, 0.15) is 45.7 Å². The van der Waals surface area contributed by atoms with Crippen LogP contribution in [0.25, 0.3) is 0 Å². The van der Waals surface area contributed by atoms with Gasteiger partial charge in [0, 0.05) is 19.4 Å². The third kappa shape index (κ3) is 4.16. The fraction of sp³-hybridized carbons (Fsp3) is 0.360. The summed E-state index contributed by atoms with van der Waals surface area (Å²) in [7, 11) is 0. The van der Waals surface area contributed by atoms with Gasteiger partial charge in [0.1, 0.15) is 12.4 Å². The van der Waals surface area contributed by atoms with Gasteiger partial charge in [-0.15, -0.1) is 5.10 Å². The van der Waals surface area contributed by atoms with Crippen molar-refractivity contribution in [3.63, 3.8) is 0 Å². The highest BCUT2D eigenvalue weighted by atomic mass is 32.2. The first kappa shape index (κ1) is 23.8. The van der Waals surface area contributed by atoms with Crippen molar-refractivity contribution in [1.82, 2.24) is 10.3 Å². The SMILES string of the molecule is CC(=O)NC1=NN(C(C)=O)[C@@]2(S1)C(=O)N(CCOc1ccc(C(C)(C)C)cc1)c1ccccc12. The molecule has 2 aromatic rings. The van der Waals surface area contributed by atoms with Crippen molar-refractivity contribution in [2.45, 2.75) is 44.9 Å². The minimum absolute atomic E-state index is 0.0538. The zero-order valence-corrected chi connectivity index (χ0v) is 20.7. The molecule has 3 amide bonds. The molecule has 1 N–H and O–H groups in total. The topological polar surface area (TPSA) is 91.3 Å². The van der Waals surface area contributed by atoms with Crippen LogP contribution in [0.3, 0.4) is 0 Å². The maximum atomic E-state index is 13.8. The van der Waals surface area contributed by atoms with E-state index in [0.717, 1.165) is 22.5 Å². The summed E-state index contributed by atoms with van der Waals surface area (Å²) in [6.07, 6.45) is 0. The van der Waals surface area contributed by atoms with Gasteiger partial charge in [0.15, 0.2) is 5.17 Å². The standard InChI is InChI=1S/C25H28N4O4S/c1-16(30)26-23-27-29(17(2)31)25(34-23)20-8-6-7-9-21(20)28(22(25)32)14-15-33-19-12-10-18(11-13-19)24(3,4)5/h6-13H,14-15H2,1-5H3,(H,26,27,30)/t25-/m0/s1. The van der Waals surface area contributed by atoms with Crippen molar-refractivity contribution in [3.05, 3.63) is 59.7 Å². The first-order valence-corrected chi connectivity index (χ1v) is 11.9. The Morgan fingerprint density at radius 3 is 2.38 bits per heavy atom. The normalized spacial score (nSPS) is 19.3. The molecule has 0 bridgehead atoms. The number of ether oxygens (including phenoxy) is 1. The van der Waals surface area contributed by atoms with Gasteiger partial charge < -0.3 is 15.0 Å². The fourth-order valence-corrected chi connectivity index (χ4v) is 5.43. The molecule has 0 aliphatic carbocycles. The number of amides is 3. The van der Waals surface area contributed by atoms with Crippen LogP contribution in [0.4, 0.5) is 5.69 Å². The second-order valence-corrected chi connectivity index (χ2v) is 10.4. The summed E-state index contributed by atoms with van der Waals surface area (Å²) in [6, 6.07) is 15.3. The molecule has 0 saturated heterocycles. The molecule has 4 rings (SSSR count). The van der Waals surface area contributed by atoms with E-state index >= 15 is 0 Å². The van der Waals surface area contributed by atoms with Crippen LogP contribution < -0.4 is 15.0 Å². The summed E-state index contributed by atoms with van der Waals surface area (Å²) in [5, 5.41) is 8.24. The molecule has 34 heavy (non-hydrogen) atoms. The lowest BCUT2D eigenvalue weighted by molar-refractivity contribution is -0.139. The number of carbonyl (C=O) groups is 3. The summed E-state index contributed by atoms with van der Waals surface area (Å²) < 4.78 is 5.93. The first-order chi connectivity index (χ1) is 16.0. The molecule has 0 fully saturated rings. The molecular weight excluding hydrogens is 452 g/mol. The predicted molar refractivity (Wildman–Crippen MR) is 132 cm³/mol. The van der Waals surface area contributed by atoms with Crippen LogP contribution >= 0.6 is 11.8 Å². The van der Waals surface area contributed by atoms with Crippen LogP contribution in [-0.2, 0) is 24.7 Å². The van der Waals surface area contributed by atoms with Gasteiger partial charge in [0.2, 0.25) is 16.7 Å². The summed E-state index contributed by atoms with van der Waals surface area (Å²) in [4.78, 5) is 38.1. The number of benzene rings is 2. The number of amidine groups is 1. The first-order valence-electron chi connectivity index (χ1n) is 11.0. The number of hydrogen-bond acceptors (Lipinski definition) is 6. The minimum Gasteiger partial charge on any atom is -0.492 e. The fourth-order valence-electron chi connectivity index (χ4n) is 4.09. The van der Waals surface area contributed by atoms with E-state index in [4.69, 9.17) is 4.74 Å². The van der Waals surface area contributed by atoms with Crippen LogP contribution in [0, 0.1) is 0 Å². The quantitative estimate of drug-likeness (QED) is 0.723. The smallest absolute Gasteiger partial charge is 0.270 e. The zero-order chi connectivity index (χ0) is 24.7. The summed E-state index contributed by atoms with van der Waals surface area (Å²) in [6.45, 7) is 9.74. The third-order valence-electron chi connectivity index (χ3n) is 5.71. The Balaban J connectivity index is 1.56. The second kappa shape index (κ2) is 8.79. The number of nitrogens with zero attached hydrogens (tertiary/aromatic N) is 3. The maximum absolute atomic E-state index is 13.8. The number of carbonyl (C=O) groups excluding carboxylic acids is 3. The number of nitrogens with one attached hydrogen (secondary N) is 1. The van der Waals surface area contributed by atoms with Gasteiger partial charge in [-0.2, -0.15) is 5.01 Å². The van der Waals surface area contributed by atoms with Gasteiger partial charge in [0.05, 0.1) is 12.2 Å². The van der Waals surface area contributed by atoms with Crippen molar-refractivity contribution in [2.24, 2.45) is 5.10 Å². The Morgan fingerprint density at radius 2 is 1.76 bits per heavy atom. The highest BCUT2D eigenvalue weighted by Gasteiger charge is 2.61. The molecule has 0 radical (unpaired) electrons. The number of fused-ring (bicyclic) bond motifs is 2. The van der Waals surface area contributed by atoms with E-state index in [1.807, 2.05) is 48.5 Å². The van der Waals surface area contributed by atoms with E-state index in [1.165, 1.54) is 19.4 Å². The highest BCUT2D eigenvalue weighted by molar-refractivity contribution is 8.15. The van der Waals surface area contributed by atoms with Crippen molar-refractivity contribution >= 4 is 40.3 Å². The zero-order valence-electron chi connectivity index (χ0n) is 19.9. The molecule has 2 aliphatic rings. The van der Waals surface area contributed by atoms with E-state index in [2.05, 4.69) is 31.2 Å². The van der Waals surface area contributed by atoms with Gasteiger partial charge in [-0.05, 0) is 40.9 Å². The van der Waals surface area contributed by atoms with Crippen molar-refractivity contribution in [3.8, 4) is 5.75 Å². The molecule has 178 valence electrons. The van der Waals surface area contributed by atoms with Crippen LogP contribution in [0.5, 0.6) is 5.75 Å². The predicted octanol–water partition coefficient (Wildman–Crippen LogP) is 3.56. The number of hydrazone groups is 1. The summed E-state index contributed by atoms with van der Waals surface area (Å²) in [5.41, 5.74) is 2.61. The molecule has 2 aromatic carbocycles. The average molecular weight is 481 g/mol. The largest absolute Gasteiger partial charge is 0.492 e. The molecule has 2 aliphatic heterocycles. The molecule has 0 aromatic heterocycles. The van der Waals surface area contributed by atoms with Gasteiger partial charge >= 0.3 is 0 Å². The van der Waals surface area contributed by atoms with Gasteiger partial charge in [-0.3, -0.25) is 14.4 Å². The van der Waals surface area contributed by atoms with Gasteiger partial charge in [-0.1, -0.05) is 51.1 Å². The lowest BCUT2D eigenvalue weighted by atomic mass is 9.87. The molecule has 0 saturated carbocycles. The molecule has 1 spiro atoms. The number of hydrogen-bond donors (Lipinski definition) is 1. The molecule has 9 heteroatoms. The molecule has 2 heterocycles. The van der Waals surface area contributed by atoms with Crippen LogP contribution in [-0.4, -0.2) is 41.0 Å². The Morgan fingerprint density at radius 1 is 1.09 bits per heavy atom. The number of para-hydroxylation sites is 1. The summed E-state index contributed by atoms with van der Waals surface area (Å²) >= 11 is 1.06. The van der Waals surface area contributed by atoms with E-state index in [9.17, 15) is 14.4 Å². The van der Waals surface area contributed by atoms with E-state index in [-0.39, 0.29) is 29.0 Å². The molecular formula is C25H28N4O4S. The molecule has 8 nitrogen and oxygen atoms in total. The lowest BCUT2D eigenvalue weighted by Gasteiger charge is -2.29. The Kier molecular flexibility index (Phi) is 6.16. The minimum atomic E-state index is -1.39. The molecule has 1 atom stereocenters. The Bertz CT molecular complexity index is 1170. The maximum Gasteiger partial charge on any atom is 0.270 e. The van der Waals surface area contributed by atoms with Gasteiger partial charge in [-0.25, -0.2) is 0 Å². The summed E-state index contributed by atoms with van der Waals surface area (Å²) in [5.74, 6) is -0.300. The van der Waals surface area contributed by atoms with Crippen LogP contribution in [0.15, 0.2) is 53.6 Å². The van der Waals surface area contributed by atoms with E-state index in [1.54, 1.807) is 4.90 Å². The van der Waals surface area contributed by atoms with Gasteiger partial charge in [0.25, 0.3) is 5.91 Å².